The number of thioether (sulfide) groups is 1. The number of aryl methyl sites for hydroxylation is 1. The zero-order chi connectivity index (χ0) is 13.8. The van der Waals surface area contributed by atoms with Gasteiger partial charge in [-0.3, -0.25) is 0 Å². The van der Waals surface area contributed by atoms with Crippen LogP contribution in [0.15, 0.2) is 39.7 Å². The van der Waals surface area contributed by atoms with Crippen LogP contribution in [-0.2, 0) is 0 Å². The second kappa shape index (κ2) is 6.93. The topological polar surface area (TPSA) is 12.0 Å². The molecule has 1 heterocycles. The third-order valence-corrected chi connectivity index (χ3v) is 5.73. The van der Waals surface area contributed by atoms with Gasteiger partial charge in [0.1, 0.15) is 0 Å². The van der Waals surface area contributed by atoms with Gasteiger partial charge in [-0.2, -0.15) is 0 Å². The molecule has 2 aromatic rings. The molecule has 0 aliphatic heterocycles. The van der Waals surface area contributed by atoms with Crippen LogP contribution in [0.5, 0.6) is 0 Å². The Morgan fingerprint density at radius 1 is 1.32 bits per heavy atom. The number of halogens is 1. The first-order valence-corrected chi connectivity index (χ1v) is 9.12. The van der Waals surface area contributed by atoms with Gasteiger partial charge in [0, 0.05) is 19.1 Å². The van der Waals surface area contributed by atoms with Crippen LogP contribution in [0.3, 0.4) is 0 Å². The molecule has 2 rings (SSSR count). The van der Waals surface area contributed by atoms with Crippen molar-refractivity contribution in [2.45, 2.75) is 24.8 Å². The van der Waals surface area contributed by atoms with E-state index < -0.39 is 0 Å². The van der Waals surface area contributed by atoms with Gasteiger partial charge in [-0.1, -0.05) is 19.1 Å². The molecule has 19 heavy (non-hydrogen) atoms. The van der Waals surface area contributed by atoms with Crippen LogP contribution in [0, 0.1) is 6.92 Å². The fourth-order valence-corrected chi connectivity index (χ4v) is 4.45. The van der Waals surface area contributed by atoms with E-state index >= 15 is 0 Å². The highest BCUT2D eigenvalue weighted by atomic mass is 79.9. The molecular formula is C15H18BrNS2. The minimum absolute atomic E-state index is 0.272. The number of nitrogens with one attached hydrogen (secondary N) is 1. The Bertz CT molecular complexity index is 534. The molecule has 4 heteroatoms. The smallest absolute Gasteiger partial charge is 0.0682 e. The lowest BCUT2D eigenvalue weighted by Crippen LogP contribution is -2.21. The van der Waals surface area contributed by atoms with Crippen molar-refractivity contribution in [3.05, 3.63) is 50.1 Å². The standard InChI is InChI=1S/C15H18BrNS2/c1-4-17-14(15-13(16)9-10(2)19-15)11-5-7-12(18-3)8-6-11/h5-9,14,17H,4H2,1-3H3. The Kier molecular flexibility index (Phi) is 5.51. The van der Waals surface area contributed by atoms with Crippen LogP contribution in [0.4, 0.5) is 0 Å². The zero-order valence-electron chi connectivity index (χ0n) is 11.4. The van der Waals surface area contributed by atoms with Gasteiger partial charge >= 0.3 is 0 Å². The Labute approximate surface area is 131 Å². The van der Waals surface area contributed by atoms with E-state index in [4.69, 9.17) is 0 Å². The SMILES string of the molecule is CCNC(c1ccc(SC)cc1)c1sc(C)cc1Br. The van der Waals surface area contributed by atoms with Gasteiger partial charge in [-0.25, -0.2) is 0 Å². The van der Waals surface area contributed by atoms with Crippen molar-refractivity contribution >= 4 is 39.0 Å². The Morgan fingerprint density at radius 3 is 2.47 bits per heavy atom. The summed E-state index contributed by atoms with van der Waals surface area (Å²) in [6.07, 6.45) is 2.11. The first-order chi connectivity index (χ1) is 9.15. The molecule has 102 valence electrons. The molecule has 1 N–H and O–H groups in total. The molecule has 1 atom stereocenters. The van der Waals surface area contributed by atoms with Gasteiger partial charge < -0.3 is 5.32 Å². The molecule has 0 saturated heterocycles. The van der Waals surface area contributed by atoms with Crippen LogP contribution in [0.25, 0.3) is 0 Å². The summed E-state index contributed by atoms with van der Waals surface area (Å²) in [6, 6.07) is 11.3. The lowest BCUT2D eigenvalue weighted by Gasteiger charge is -2.18. The number of benzene rings is 1. The lowest BCUT2D eigenvalue weighted by atomic mass is 10.1. The van der Waals surface area contributed by atoms with E-state index in [1.54, 1.807) is 11.8 Å². The molecule has 0 bridgehead atoms. The van der Waals surface area contributed by atoms with Crippen molar-refractivity contribution in [2.24, 2.45) is 0 Å². The highest BCUT2D eigenvalue weighted by Gasteiger charge is 2.18. The van der Waals surface area contributed by atoms with Crippen molar-refractivity contribution in [3.63, 3.8) is 0 Å². The fraction of sp³-hybridized carbons (Fsp3) is 0.333. The van der Waals surface area contributed by atoms with Crippen molar-refractivity contribution in [1.29, 1.82) is 0 Å². The Morgan fingerprint density at radius 2 is 2.00 bits per heavy atom. The first kappa shape index (κ1) is 15.1. The molecule has 0 aliphatic carbocycles. The average molecular weight is 356 g/mol. The summed E-state index contributed by atoms with van der Waals surface area (Å²) in [5.74, 6) is 0. The largest absolute Gasteiger partial charge is 0.306 e. The van der Waals surface area contributed by atoms with Gasteiger partial charge in [0.15, 0.2) is 0 Å². The van der Waals surface area contributed by atoms with Crippen LogP contribution >= 0.6 is 39.0 Å². The predicted molar refractivity (Wildman–Crippen MR) is 90.5 cm³/mol. The van der Waals surface area contributed by atoms with E-state index in [0.29, 0.717) is 0 Å². The minimum atomic E-state index is 0.272. The lowest BCUT2D eigenvalue weighted by molar-refractivity contribution is 0.637. The van der Waals surface area contributed by atoms with Crippen molar-refractivity contribution in [1.82, 2.24) is 5.32 Å². The normalized spacial score (nSPS) is 12.6. The first-order valence-electron chi connectivity index (χ1n) is 6.29. The van der Waals surface area contributed by atoms with Crippen LogP contribution in [0.2, 0.25) is 0 Å². The van der Waals surface area contributed by atoms with Crippen LogP contribution in [0.1, 0.15) is 28.3 Å². The maximum absolute atomic E-state index is 3.68. The maximum Gasteiger partial charge on any atom is 0.0682 e. The number of thiophene rings is 1. The summed E-state index contributed by atoms with van der Waals surface area (Å²) in [4.78, 5) is 4.00. The molecule has 0 aliphatic rings. The number of hydrogen-bond acceptors (Lipinski definition) is 3. The van der Waals surface area contributed by atoms with E-state index in [1.165, 1.54) is 24.7 Å². The van der Waals surface area contributed by atoms with E-state index in [9.17, 15) is 0 Å². The molecule has 0 amide bonds. The Hall–Kier alpha value is -0.290. The van der Waals surface area contributed by atoms with Gasteiger partial charge in [0.05, 0.1) is 6.04 Å². The predicted octanol–water partition coefficient (Wildman–Crippen LogP) is 5.24. The third kappa shape index (κ3) is 3.63. The van der Waals surface area contributed by atoms with Gasteiger partial charge in [0.2, 0.25) is 0 Å². The second-order valence-corrected chi connectivity index (χ2v) is 7.35. The van der Waals surface area contributed by atoms with Gasteiger partial charge in [-0.05, 0) is 59.4 Å². The average Bonchev–Trinajstić information content (AvgIpc) is 2.75. The van der Waals surface area contributed by atoms with Gasteiger partial charge in [-0.15, -0.1) is 23.1 Å². The highest BCUT2D eigenvalue weighted by molar-refractivity contribution is 9.10. The summed E-state index contributed by atoms with van der Waals surface area (Å²) in [5.41, 5.74) is 1.32. The minimum Gasteiger partial charge on any atom is -0.306 e. The van der Waals surface area contributed by atoms with E-state index in [2.05, 4.69) is 71.7 Å². The van der Waals surface area contributed by atoms with Crippen molar-refractivity contribution in [3.8, 4) is 0 Å². The zero-order valence-corrected chi connectivity index (χ0v) is 14.6. The molecule has 1 unspecified atom stereocenters. The van der Waals surface area contributed by atoms with Gasteiger partial charge in [0.25, 0.3) is 0 Å². The van der Waals surface area contributed by atoms with Crippen LogP contribution < -0.4 is 5.32 Å². The van der Waals surface area contributed by atoms with Crippen molar-refractivity contribution in [2.75, 3.05) is 12.8 Å². The third-order valence-electron chi connectivity index (χ3n) is 2.96. The maximum atomic E-state index is 3.68. The molecular weight excluding hydrogens is 338 g/mol. The summed E-state index contributed by atoms with van der Waals surface area (Å²) in [6.45, 7) is 5.26. The highest BCUT2D eigenvalue weighted by Crippen LogP contribution is 2.35. The summed E-state index contributed by atoms with van der Waals surface area (Å²) in [5, 5.41) is 3.58. The molecule has 1 nitrogen and oxygen atoms in total. The molecule has 0 saturated carbocycles. The fourth-order valence-electron chi connectivity index (χ4n) is 2.06. The monoisotopic (exact) mass is 355 g/mol. The summed E-state index contributed by atoms with van der Waals surface area (Å²) in [7, 11) is 0. The van der Waals surface area contributed by atoms with Crippen LogP contribution in [-0.4, -0.2) is 12.8 Å². The molecule has 0 spiro atoms. The quantitative estimate of drug-likeness (QED) is 0.736. The van der Waals surface area contributed by atoms with E-state index in [-0.39, 0.29) is 6.04 Å². The number of hydrogen-bond donors (Lipinski definition) is 1. The number of rotatable bonds is 5. The Balaban J connectivity index is 2.36. The molecule has 0 fully saturated rings. The second-order valence-electron chi connectivity index (χ2n) is 4.33. The van der Waals surface area contributed by atoms with E-state index in [1.807, 2.05) is 11.3 Å². The molecule has 1 aromatic carbocycles. The van der Waals surface area contributed by atoms with E-state index in [0.717, 1.165) is 6.54 Å². The summed E-state index contributed by atoms with van der Waals surface area (Å²) < 4.78 is 1.20. The van der Waals surface area contributed by atoms with Crippen molar-refractivity contribution < 1.29 is 0 Å². The molecule has 1 aromatic heterocycles. The molecule has 0 radical (unpaired) electrons. The summed E-state index contributed by atoms with van der Waals surface area (Å²) >= 11 is 7.31.